The van der Waals surface area contributed by atoms with Crippen molar-refractivity contribution in [3.63, 3.8) is 0 Å². The van der Waals surface area contributed by atoms with E-state index in [9.17, 15) is 8.42 Å². The van der Waals surface area contributed by atoms with Crippen LogP contribution in [0.2, 0.25) is 0 Å². The largest absolute Gasteiger partial charge is 0.324 e. The second kappa shape index (κ2) is 6.16. The zero-order valence-electron chi connectivity index (χ0n) is 9.90. The standard InChI is InChI=1S/C9H21N3O2S.ClH/c1-12(2)15(13,14)11-8-9(10)6-4-3-5-7-9;/h11H,3-8,10H2,1-2H3;1H. The third-order valence-corrected chi connectivity index (χ3v) is 4.41. The Morgan fingerprint density at radius 3 is 2.19 bits per heavy atom. The number of nitrogens with one attached hydrogen (secondary N) is 1. The van der Waals surface area contributed by atoms with Crippen LogP contribution < -0.4 is 10.5 Å². The zero-order chi connectivity index (χ0) is 11.5. The summed E-state index contributed by atoms with van der Waals surface area (Å²) in [6, 6.07) is 0. The van der Waals surface area contributed by atoms with E-state index in [4.69, 9.17) is 5.73 Å². The molecule has 5 nitrogen and oxygen atoms in total. The molecule has 0 unspecified atom stereocenters. The molecule has 98 valence electrons. The van der Waals surface area contributed by atoms with Crippen molar-refractivity contribution in [2.75, 3.05) is 20.6 Å². The molecule has 0 aliphatic heterocycles. The molecule has 16 heavy (non-hydrogen) atoms. The average molecular weight is 272 g/mol. The van der Waals surface area contributed by atoms with Gasteiger partial charge in [-0.3, -0.25) is 0 Å². The quantitative estimate of drug-likeness (QED) is 0.780. The lowest BCUT2D eigenvalue weighted by atomic mass is 9.83. The van der Waals surface area contributed by atoms with E-state index in [1.165, 1.54) is 24.8 Å². The summed E-state index contributed by atoms with van der Waals surface area (Å²) >= 11 is 0. The Labute approximate surface area is 104 Å². The zero-order valence-corrected chi connectivity index (χ0v) is 11.5. The van der Waals surface area contributed by atoms with Crippen molar-refractivity contribution < 1.29 is 8.42 Å². The van der Waals surface area contributed by atoms with E-state index >= 15 is 0 Å². The van der Waals surface area contributed by atoms with Gasteiger partial charge in [0.1, 0.15) is 0 Å². The van der Waals surface area contributed by atoms with E-state index in [0.29, 0.717) is 6.54 Å². The Morgan fingerprint density at radius 1 is 1.25 bits per heavy atom. The normalized spacial score (nSPS) is 20.5. The maximum Gasteiger partial charge on any atom is 0.278 e. The van der Waals surface area contributed by atoms with Crippen LogP contribution in [0, 0.1) is 0 Å². The predicted octanol–water partition coefficient (Wildman–Crippen LogP) is 0.466. The van der Waals surface area contributed by atoms with Gasteiger partial charge in [0, 0.05) is 26.2 Å². The molecule has 1 rings (SSSR count). The molecule has 0 spiro atoms. The van der Waals surface area contributed by atoms with E-state index in [-0.39, 0.29) is 17.9 Å². The van der Waals surface area contributed by atoms with Crippen molar-refractivity contribution in [1.29, 1.82) is 0 Å². The first kappa shape index (κ1) is 16.1. The highest BCUT2D eigenvalue weighted by atomic mass is 35.5. The Balaban J connectivity index is 0.00000225. The summed E-state index contributed by atoms with van der Waals surface area (Å²) in [6.07, 6.45) is 5.21. The molecule has 0 atom stereocenters. The van der Waals surface area contributed by atoms with Crippen molar-refractivity contribution in [2.24, 2.45) is 5.73 Å². The van der Waals surface area contributed by atoms with Gasteiger partial charge in [0.05, 0.1) is 0 Å². The Kier molecular flexibility index (Phi) is 6.21. The lowest BCUT2D eigenvalue weighted by Crippen LogP contribution is -2.52. The minimum Gasteiger partial charge on any atom is -0.324 e. The van der Waals surface area contributed by atoms with Gasteiger partial charge in [-0.25, -0.2) is 4.72 Å². The topological polar surface area (TPSA) is 75.4 Å². The lowest BCUT2D eigenvalue weighted by Gasteiger charge is -2.33. The van der Waals surface area contributed by atoms with E-state index < -0.39 is 10.2 Å². The summed E-state index contributed by atoms with van der Waals surface area (Å²) in [7, 11) is -0.320. The summed E-state index contributed by atoms with van der Waals surface area (Å²) in [6.45, 7) is 0.341. The van der Waals surface area contributed by atoms with Gasteiger partial charge in [0.25, 0.3) is 10.2 Å². The van der Waals surface area contributed by atoms with Crippen molar-refractivity contribution in [3.05, 3.63) is 0 Å². The minimum atomic E-state index is -3.33. The molecule has 7 heteroatoms. The first-order valence-electron chi connectivity index (χ1n) is 5.32. The van der Waals surface area contributed by atoms with Crippen LogP contribution in [0.15, 0.2) is 0 Å². The van der Waals surface area contributed by atoms with Gasteiger partial charge in [-0.1, -0.05) is 19.3 Å². The summed E-state index contributed by atoms with van der Waals surface area (Å²) in [5.74, 6) is 0. The summed E-state index contributed by atoms with van der Waals surface area (Å²) in [4.78, 5) is 0. The number of halogens is 1. The van der Waals surface area contributed by atoms with Gasteiger partial charge in [-0.2, -0.15) is 12.7 Å². The predicted molar refractivity (Wildman–Crippen MR) is 67.9 cm³/mol. The number of rotatable bonds is 4. The van der Waals surface area contributed by atoms with Crippen LogP contribution in [0.25, 0.3) is 0 Å². The first-order valence-corrected chi connectivity index (χ1v) is 6.76. The number of nitrogens with zero attached hydrogens (tertiary/aromatic N) is 1. The SMILES string of the molecule is CN(C)S(=O)(=O)NCC1(N)CCCCC1.Cl. The van der Waals surface area contributed by atoms with Gasteiger partial charge >= 0.3 is 0 Å². The fourth-order valence-electron chi connectivity index (χ4n) is 1.80. The molecule has 3 N–H and O–H groups in total. The van der Waals surface area contributed by atoms with Gasteiger partial charge < -0.3 is 5.73 Å². The fourth-order valence-corrected chi connectivity index (χ4v) is 2.52. The van der Waals surface area contributed by atoms with E-state index in [1.807, 2.05) is 0 Å². The molecule has 1 aliphatic carbocycles. The molecule has 0 heterocycles. The molecular formula is C9H22ClN3O2S. The number of hydrogen-bond acceptors (Lipinski definition) is 3. The highest BCUT2D eigenvalue weighted by Crippen LogP contribution is 2.25. The number of nitrogens with two attached hydrogens (primary N) is 1. The van der Waals surface area contributed by atoms with Crippen LogP contribution in [-0.4, -0.2) is 38.9 Å². The summed E-state index contributed by atoms with van der Waals surface area (Å²) in [5, 5.41) is 0. The maximum atomic E-state index is 11.5. The molecule has 0 bridgehead atoms. The molecule has 0 aromatic heterocycles. The molecule has 0 radical (unpaired) electrons. The van der Waals surface area contributed by atoms with Gasteiger partial charge in [0.2, 0.25) is 0 Å². The van der Waals surface area contributed by atoms with Gasteiger partial charge in [0.15, 0.2) is 0 Å². The monoisotopic (exact) mass is 271 g/mol. The third-order valence-electron chi connectivity index (χ3n) is 2.94. The molecule has 0 aromatic rings. The van der Waals surface area contributed by atoms with Gasteiger partial charge in [-0.15, -0.1) is 12.4 Å². The van der Waals surface area contributed by atoms with E-state index in [1.54, 1.807) is 0 Å². The average Bonchev–Trinajstić information content (AvgIpc) is 2.16. The van der Waals surface area contributed by atoms with Crippen molar-refractivity contribution >= 4 is 22.6 Å². The van der Waals surface area contributed by atoms with Crippen LogP contribution in [0.1, 0.15) is 32.1 Å². The van der Waals surface area contributed by atoms with Crippen LogP contribution in [0.4, 0.5) is 0 Å². The molecular weight excluding hydrogens is 250 g/mol. The van der Waals surface area contributed by atoms with Crippen molar-refractivity contribution in [2.45, 2.75) is 37.6 Å². The second-order valence-electron chi connectivity index (χ2n) is 4.53. The van der Waals surface area contributed by atoms with Gasteiger partial charge in [-0.05, 0) is 12.8 Å². The Hall–Kier alpha value is 0.120. The molecule has 1 saturated carbocycles. The minimum absolute atomic E-state index is 0. The maximum absolute atomic E-state index is 11.5. The van der Waals surface area contributed by atoms with E-state index in [0.717, 1.165) is 25.7 Å². The summed E-state index contributed by atoms with van der Waals surface area (Å²) < 4.78 is 26.7. The molecule has 0 amide bonds. The summed E-state index contributed by atoms with van der Waals surface area (Å²) in [5.41, 5.74) is 5.78. The third kappa shape index (κ3) is 4.55. The highest BCUT2D eigenvalue weighted by Gasteiger charge is 2.29. The van der Waals surface area contributed by atoms with Crippen molar-refractivity contribution in [1.82, 2.24) is 9.03 Å². The first-order chi connectivity index (χ1) is 6.86. The lowest BCUT2D eigenvalue weighted by molar-refractivity contribution is 0.294. The Morgan fingerprint density at radius 2 is 1.75 bits per heavy atom. The van der Waals surface area contributed by atoms with Crippen LogP contribution in [0.3, 0.4) is 0 Å². The number of hydrogen-bond donors (Lipinski definition) is 2. The molecule has 0 saturated heterocycles. The Bertz CT molecular complexity index is 300. The molecule has 0 aromatic carbocycles. The highest BCUT2D eigenvalue weighted by molar-refractivity contribution is 7.87. The molecule has 1 fully saturated rings. The van der Waals surface area contributed by atoms with Crippen LogP contribution in [0.5, 0.6) is 0 Å². The molecule has 1 aliphatic rings. The van der Waals surface area contributed by atoms with E-state index in [2.05, 4.69) is 4.72 Å². The second-order valence-corrected chi connectivity index (χ2v) is 6.50. The van der Waals surface area contributed by atoms with Crippen molar-refractivity contribution in [3.8, 4) is 0 Å². The van der Waals surface area contributed by atoms with Crippen LogP contribution in [-0.2, 0) is 10.2 Å². The smallest absolute Gasteiger partial charge is 0.278 e. The van der Waals surface area contributed by atoms with Crippen LogP contribution >= 0.6 is 12.4 Å². The fraction of sp³-hybridized carbons (Fsp3) is 1.00.